The zero-order valence-corrected chi connectivity index (χ0v) is 21.7. The zero-order chi connectivity index (χ0) is 27.1. The molecule has 0 atom stereocenters. The number of hydrogen-bond donors (Lipinski definition) is 0. The van der Waals surface area contributed by atoms with Gasteiger partial charge >= 0.3 is 6.18 Å². The topological polar surface area (TPSA) is 85.5 Å². The third kappa shape index (κ3) is 6.75. The van der Waals surface area contributed by atoms with Crippen molar-refractivity contribution in [2.75, 3.05) is 11.4 Å². The number of pyridine rings is 2. The van der Waals surface area contributed by atoms with Gasteiger partial charge in [-0.25, -0.2) is 4.68 Å². The van der Waals surface area contributed by atoms with Crippen molar-refractivity contribution < 1.29 is 22.8 Å². The standard InChI is InChI=1S/C25H22ClF3N6O2S/c1-2-34(20-15-35(32-24(20)26)18-5-3-11-30-14-18)23(36)10-8-19(21-6-4-12-38-21)33-37-16-17-7-9-22(31-13-17)25(27,28)29/h3-7,9,11-15H,2,8,10,16H2,1H3/b33-19+. The number of hydrogen-bond acceptors (Lipinski definition) is 7. The number of nitrogens with zero attached hydrogens (tertiary/aromatic N) is 6. The first-order valence-corrected chi connectivity index (χ1v) is 12.7. The number of aromatic nitrogens is 4. The largest absolute Gasteiger partial charge is 0.433 e. The van der Waals surface area contributed by atoms with Crippen LogP contribution in [-0.4, -0.2) is 37.9 Å². The predicted molar refractivity (Wildman–Crippen MR) is 139 cm³/mol. The van der Waals surface area contributed by atoms with Gasteiger partial charge < -0.3 is 9.74 Å². The minimum atomic E-state index is -4.51. The fourth-order valence-corrected chi connectivity index (χ4v) is 4.48. The van der Waals surface area contributed by atoms with E-state index in [2.05, 4.69) is 20.2 Å². The van der Waals surface area contributed by atoms with E-state index in [0.717, 1.165) is 17.1 Å². The van der Waals surface area contributed by atoms with E-state index in [1.54, 1.807) is 34.2 Å². The number of alkyl halides is 3. The average Bonchev–Trinajstić information content (AvgIpc) is 3.57. The van der Waals surface area contributed by atoms with Gasteiger partial charge in [0.05, 0.1) is 28.7 Å². The number of anilines is 1. The third-order valence-corrected chi connectivity index (χ3v) is 6.56. The Labute approximate surface area is 225 Å². The summed E-state index contributed by atoms with van der Waals surface area (Å²) in [6.45, 7) is 2.14. The van der Waals surface area contributed by atoms with Crippen molar-refractivity contribution in [3.8, 4) is 5.69 Å². The fourth-order valence-electron chi connectivity index (χ4n) is 3.51. The van der Waals surface area contributed by atoms with Crippen LogP contribution in [0.25, 0.3) is 5.69 Å². The summed E-state index contributed by atoms with van der Waals surface area (Å²) in [6, 6.07) is 9.47. The maximum absolute atomic E-state index is 13.2. The quantitative estimate of drug-likeness (QED) is 0.171. The van der Waals surface area contributed by atoms with Crippen LogP contribution < -0.4 is 4.90 Å². The Balaban J connectivity index is 1.43. The van der Waals surface area contributed by atoms with Gasteiger partial charge in [0, 0.05) is 37.3 Å². The lowest BCUT2D eigenvalue weighted by Gasteiger charge is -2.19. The zero-order valence-electron chi connectivity index (χ0n) is 20.1. The number of thiophene rings is 1. The normalized spacial score (nSPS) is 12.0. The molecule has 0 fully saturated rings. The second-order valence-electron chi connectivity index (χ2n) is 7.94. The Morgan fingerprint density at radius 1 is 1.18 bits per heavy atom. The monoisotopic (exact) mass is 562 g/mol. The van der Waals surface area contributed by atoms with Crippen molar-refractivity contribution in [2.24, 2.45) is 5.16 Å². The van der Waals surface area contributed by atoms with E-state index in [-0.39, 0.29) is 30.5 Å². The first-order chi connectivity index (χ1) is 18.3. The minimum Gasteiger partial charge on any atom is -0.391 e. The van der Waals surface area contributed by atoms with E-state index in [1.807, 2.05) is 30.5 Å². The Morgan fingerprint density at radius 3 is 2.66 bits per heavy atom. The number of carbonyl (C=O) groups is 1. The smallest absolute Gasteiger partial charge is 0.391 e. The summed E-state index contributed by atoms with van der Waals surface area (Å²) < 4.78 is 39.7. The molecule has 0 aromatic carbocycles. The van der Waals surface area contributed by atoms with Gasteiger partial charge in [-0.1, -0.05) is 28.9 Å². The lowest BCUT2D eigenvalue weighted by Crippen LogP contribution is -2.30. The fraction of sp³-hybridized carbons (Fsp3) is 0.240. The van der Waals surface area contributed by atoms with Gasteiger partial charge in [0.1, 0.15) is 18.0 Å². The van der Waals surface area contributed by atoms with Crippen molar-refractivity contribution in [3.05, 3.63) is 87.9 Å². The van der Waals surface area contributed by atoms with E-state index in [1.165, 1.54) is 17.4 Å². The molecule has 0 aliphatic heterocycles. The first-order valence-electron chi connectivity index (χ1n) is 11.5. The molecule has 0 aliphatic rings. The van der Waals surface area contributed by atoms with Crippen LogP contribution >= 0.6 is 22.9 Å². The molecular weight excluding hydrogens is 541 g/mol. The van der Waals surface area contributed by atoms with Crippen molar-refractivity contribution in [3.63, 3.8) is 0 Å². The van der Waals surface area contributed by atoms with Crippen LogP contribution in [0.1, 0.15) is 35.9 Å². The van der Waals surface area contributed by atoms with E-state index < -0.39 is 11.9 Å². The summed E-state index contributed by atoms with van der Waals surface area (Å²) in [5.74, 6) is -0.184. The van der Waals surface area contributed by atoms with Crippen molar-refractivity contribution in [1.82, 2.24) is 19.7 Å². The van der Waals surface area contributed by atoms with Gasteiger partial charge in [-0.2, -0.15) is 18.3 Å². The van der Waals surface area contributed by atoms with E-state index in [9.17, 15) is 18.0 Å². The maximum atomic E-state index is 13.2. The SMILES string of the molecule is CCN(C(=O)CC/C(=N\OCc1ccc(C(F)(F)F)nc1)c1cccs1)c1cn(-c2cccnc2)nc1Cl. The molecule has 0 N–H and O–H groups in total. The second kappa shape index (κ2) is 12.2. The summed E-state index contributed by atoms with van der Waals surface area (Å²) in [6.07, 6.45) is 1.94. The predicted octanol–water partition coefficient (Wildman–Crippen LogP) is 6.15. The summed E-state index contributed by atoms with van der Waals surface area (Å²) in [5, 5.41) is 10.5. The Morgan fingerprint density at radius 2 is 2.03 bits per heavy atom. The molecule has 38 heavy (non-hydrogen) atoms. The summed E-state index contributed by atoms with van der Waals surface area (Å²) in [7, 11) is 0. The Kier molecular flexibility index (Phi) is 8.74. The Bertz CT molecular complexity index is 1380. The third-order valence-electron chi connectivity index (χ3n) is 5.37. The summed E-state index contributed by atoms with van der Waals surface area (Å²) in [4.78, 5) is 28.4. The number of oxime groups is 1. The minimum absolute atomic E-state index is 0.0713. The molecule has 198 valence electrons. The van der Waals surface area contributed by atoms with E-state index in [0.29, 0.717) is 29.2 Å². The highest BCUT2D eigenvalue weighted by Crippen LogP contribution is 2.28. The molecule has 0 radical (unpaired) electrons. The Hall–Kier alpha value is -3.77. The molecule has 0 unspecified atom stereocenters. The molecule has 0 bridgehead atoms. The first kappa shape index (κ1) is 27.3. The molecule has 4 rings (SSSR count). The van der Waals surface area contributed by atoms with Gasteiger partial charge in [0.15, 0.2) is 5.15 Å². The molecule has 4 aromatic heterocycles. The maximum Gasteiger partial charge on any atom is 0.433 e. The van der Waals surface area contributed by atoms with Crippen LogP contribution in [0.4, 0.5) is 18.9 Å². The van der Waals surface area contributed by atoms with Gasteiger partial charge in [-0.05, 0) is 36.6 Å². The highest BCUT2D eigenvalue weighted by molar-refractivity contribution is 7.12. The molecule has 0 saturated carbocycles. The summed E-state index contributed by atoms with van der Waals surface area (Å²) >= 11 is 7.80. The van der Waals surface area contributed by atoms with Crippen LogP contribution in [0.3, 0.4) is 0 Å². The summed E-state index contributed by atoms with van der Waals surface area (Å²) in [5.41, 5.74) is 1.18. The molecule has 0 saturated heterocycles. The van der Waals surface area contributed by atoms with Crippen LogP contribution in [0, 0.1) is 0 Å². The van der Waals surface area contributed by atoms with Crippen LogP contribution in [0.15, 0.2) is 71.7 Å². The van der Waals surface area contributed by atoms with Crippen LogP contribution in [0.5, 0.6) is 0 Å². The highest BCUT2D eigenvalue weighted by atomic mass is 35.5. The number of rotatable bonds is 10. The van der Waals surface area contributed by atoms with Crippen LogP contribution in [0.2, 0.25) is 5.15 Å². The van der Waals surface area contributed by atoms with E-state index >= 15 is 0 Å². The van der Waals surface area contributed by atoms with Gasteiger partial charge in [-0.15, -0.1) is 11.3 Å². The molecule has 13 heteroatoms. The number of carbonyl (C=O) groups excluding carboxylic acids is 1. The molecule has 1 amide bonds. The van der Waals surface area contributed by atoms with Crippen LogP contribution in [-0.2, 0) is 22.4 Å². The van der Waals surface area contributed by atoms with Crippen molar-refractivity contribution >= 4 is 40.2 Å². The highest BCUT2D eigenvalue weighted by Gasteiger charge is 2.32. The lowest BCUT2D eigenvalue weighted by molar-refractivity contribution is -0.141. The van der Waals surface area contributed by atoms with E-state index in [4.69, 9.17) is 16.4 Å². The van der Waals surface area contributed by atoms with Gasteiger partial charge in [0.2, 0.25) is 5.91 Å². The molecule has 0 aliphatic carbocycles. The number of amides is 1. The lowest BCUT2D eigenvalue weighted by atomic mass is 10.1. The average molecular weight is 563 g/mol. The molecule has 0 spiro atoms. The molecule has 8 nitrogen and oxygen atoms in total. The second-order valence-corrected chi connectivity index (χ2v) is 9.24. The van der Waals surface area contributed by atoms with Crippen molar-refractivity contribution in [1.29, 1.82) is 0 Å². The van der Waals surface area contributed by atoms with Crippen molar-refractivity contribution in [2.45, 2.75) is 32.5 Å². The molecule has 4 heterocycles. The van der Waals surface area contributed by atoms with Gasteiger partial charge in [0.25, 0.3) is 0 Å². The molecular formula is C25H22ClF3N6O2S. The number of halogens is 4. The van der Waals surface area contributed by atoms with Gasteiger partial charge in [-0.3, -0.25) is 14.8 Å². The molecule has 4 aromatic rings.